The van der Waals surface area contributed by atoms with Gasteiger partial charge in [-0.25, -0.2) is 0 Å². The molecule has 2 unspecified atom stereocenters. The minimum Gasteiger partial charge on any atom is -0.349 e. The zero-order valence-corrected chi connectivity index (χ0v) is 17.1. The molecule has 1 aliphatic heterocycles. The molecule has 2 aromatic carbocycles. The summed E-state index contributed by atoms with van der Waals surface area (Å²) in [6, 6.07) is 15.0. The molecular weight excluding hydrogens is 374 g/mol. The Bertz CT molecular complexity index is 1410. The van der Waals surface area contributed by atoms with E-state index < -0.39 is 0 Å². The number of rotatable bonds is 2. The molecule has 1 aliphatic carbocycles. The van der Waals surface area contributed by atoms with Gasteiger partial charge in [0, 0.05) is 37.9 Å². The average molecular weight is 397 g/mol. The number of hydrogen-bond acceptors (Lipinski definition) is 2. The highest BCUT2D eigenvalue weighted by Crippen LogP contribution is 2.60. The molecule has 1 saturated carbocycles. The third-order valence-electron chi connectivity index (χ3n) is 7.19. The van der Waals surface area contributed by atoms with Crippen LogP contribution in [0.15, 0.2) is 59.7 Å². The number of aromatic nitrogens is 2. The topological polar surface area (TPSA) is 58.1 Å². The standard InChI is InChI=1S/C25H23N3O2/c1-15-11-26-23(29)21-19(13-27(2)22(15)21)24(30)28-12-17-10-25(17,14-28)20-9-5-7-16-6-3-4-8-18(16)20/h3-9,11,13,17H,10,12,14H2,1-2H3,(H,26,29). The van der Waals surface area contributed by atoms with E-state index >= 15 is 0 Å². The zero-order chi connectivity index (χ0) is 20.6. The van der Waals surface area contributed by atoms with E-state index in [4.69, 9.17) is 0 Å². The highest BCUT2D eigenvalue weighted by atomic mass is 16.2. The molecule has 30 heavy (non-hydrogen) atoms. The molecule has 5 nitrogen and oxygen atoms in total. The van der Waals surface area contributed by atoms with Crippen molar-refractivity contribution in [1.82, 2.24) is 14.5 Å². The van der Waals surface area contributed by atoms with Crippen molar-refractivity contribution >= 4 is 27.6 Å². The van der Waals surface area contributed by atoms with E-state index in [1.807, 2.05) is 29.6 Å². The number of aryl methyl sites for hydroxylation is 2. The number of aromatic amines is 1. The van der Waals surface area contributed by atoms with Gasteiger partial charge in [-0.05, 0) is 41.2 Å². The maximum Gasteiger partial charge on any atom is 0.258 e. The first-order valence-electron chi connectivity index (χ1n) is 10.4. The summed E-state index contributed by atoms with van der Waals surface area (Å²) in [7, 11) is 1.89. The Hall–Kier alpha value is -3.34. The monoisotopic (exact) mass is 397 g/mol. The number of pyridine rings is 1. The summed E-state index contributed by atoms with van der Waals surface area (Å²) in [5, 5.41) is 3.03. The van der Waals surface area contributed by atoms with Crippen molar-refractivity contribution in [2.45, 2.75) is 18.8 Å². The Kier molecular flexibility index (Phi) is 3.41. The Morgan fingerprint density at radius 3 is 2.83 bits per heavy atom. The molecular formula is C25H23N3O2. The van der Waals surface area contributed by atoms with E-state index in [0.29, 0.717) is 23.4 Å². The van der Waals surface area contributed by atoms with E-state index in [9.17, 15) is 9.59 Å². The highest BCUT2D eigenvalue weighted by Gasteiger charge is 2.62. The lowest BCUT2D eigenvalue weighted by Gasteiger charge is -2.22. The molecule has 4 aromatic rings. The lowest BCUT2D eigenvalue weighted by Crippen LogP contribution is -2.33. The maximum atomic E-state index is 13.5. The quantitative estimate of drug-likeness (QED) is 0.560. The first-order valence-corrected chi connectivity index (χ1v) is 10.4. The van der Waals surface area contributed by atoms with Crippen LogP contribution in [0, 0.1) is 12.8 Å². The van der Waals surface area contributed by atoms with Crippen molar-refractivity contribution in [3.05, 3.63) is 81.9 Å². The fourth-order valence-corrected chi connectivity index (χ4v) is 5.69. The summed E-state index contributed by atoms with van der Waals surface area (Å²) in [4.78, 5) is 30.8. The third kappa shape index (κ3) is 2.23. The first kappa shape index (κ1) is 17.5. The van der Waals surface area contributed by atoms with Gasteiger partial charge in [0.1, 0.15) is 0 Å². The van der Waals surface area contributed by atoms with E-state index in [0.717, 1.165) is 24.0 Å². The Balaban J connectivity index is 1.40. The Labute approximate surface area is 173 Å². The molecule has 0 bridgehead atoms. The van der Waals surface area contributed by atoms with Gasteiger partial charge in [0.25, 0.3) is 11.5 Å². The smallest absolute Gasteiger partial charge is 0.258 e. The molecule has 3 heterocycles. The lowest BCUT2D eigenvalue weighted by atomic mass is 9.90. The van der Waals surface area contributed by atoms with E-state index in [-0.39, 0.29) is 16.9 Å². The van der Waals surface area contributed by atoms with Crippen LogP contribution < -0.4 is 5.56 Å². The number of likely N-dealkylation sites (tertiary alicyclic amines) is 1. The fourth-order valence-electron chi connectivity index (χ4n) is 5.69. The predicted octanol–water partition coefficient (Wildman–Crippen LogP) is 3.74. The molecule has 0 spiro atoms. The van der Waals surface area contributed by atoms with Gasteiger partial charge in [-0.3, -0.25) is 9.59 Å². The second-order valence-corrected chi connectivity index (χ2v) is 8.95. The lowest BCUT2D eigenvalue weighted by molar-refractivity contribution is 0.0774. The van der Waals surface area contributed by atoms with Gasteiger partial charge in [0.2, 0.25) is 0 Å². The van der Waals surface area contributed by atoms with Gasteiger partial charge in [0.05, 0.1) is 16.5 Å². The molecule has 6 rings (SSSR count). The van der Waals surface area contributed by atoms with Crippen LogP contribution in [-0.4, -0.2) is 33.4 Å². The van der Waals surface area contributed by atoms with Gasteiger partial charge >= 0.3 is 0 Å². The molecule has 2 atom stereocenters. The largest absolute Gasteiger partial charge is 0.349 e. The number of amides is 1. The number of carbonyl (C=O) groups excluding carboxylic acids is 1. The van der Waals surface area contributed by atoms with Crippen molar-refractivity contribution in [1.29, 1.82) is 0 Å². The van der Waals surface area contributed by atoms with Crippen LogP contribution in [0.1, 0.15) is 27.9 Å². The molecule has 2 aromatic heterocycles. The summed E-state index contributed by atoms with van der Waals surface area (Å²) in [5.41, 5.74) is 3.49. The van der Waals surface area contributed by atoms with Crippen LogP contribution in [0.3, 0.4) is 0 Å². The molecule has 2 aliphatic rings. The van der Waals surface area contributed by atoms with E-state index in [1.54, 1.807) is 6.20 Å². The van der Waals surface area contributed by atoms with Crippen LogP contribution in [-0.2, 0) is 12.5 Å². The third-order valence-corrected chi connectivity index (χ3v) is 7.19. The van der Waals surface area contributed by atoms with Crippen molar-refractivity contribution in [3.8, 4) is 0 Å². The summed E-state index contributed by atoms with van der Waals surface area (Å²) in [6.07, 6.45) is 4.64. The van der Waals surface area contributed by atoms with Crippen LogP contribution in [0.5, 0.6) is 0 Å². The Morgan fingerprint density at radius 2 is 1.97 bits per heavy atom. The summed E-state index contributed by atoms with van der Waals surface area (Å²) in [5.74, 6) is 0.450. The molecule has 150 valence electrons. The number of fused-ring (bicyclic) bond motifs is 3. The molecule has 5 heteroatoms. The van der Waals surface area contributed by atoms with Crippen LogP contribution in [0.4, 0.5) is 0 Å². The van der Waals surface area contributed by atoms with E-state index in [1.165, 1.54) is 16.3 Å². The number of nitrogens with zero attached hydrogens (tertiary/aromatic N) is 2. The van der Waals surface area contributed by atoms with Gasteiger partial charge in [-0.1, -0.05) is 42.5 Å². The van der Waals surface area contributed by atoms with Gasteiger partial charge in [0.15, 0.2) is 0 Å². The van der Waals surface area contributed by atoms with Crippen LogP contribution >= 0.6 is 0 Å². The fraction of sp³-hybridized carbons (Fsp3) is 0.280. The zero-order valence-electron chi connectivity index (χ0n) is 17.1. The van der Waals surface area contributed by atoms with Crippen LogP contribution in [0.25, 0.3) is 21.7 Å². The molecule has 1 amide bonds. The molecule has 2 fully saturated rings. The minimum absolute atomic E-state index is 0.0384. The number of hydrogen-bond donors (Lipinski definition) is 1. The Morgan fingerprint density at radius 1 is 1.17 bits per heavy atom. The van der Waals surface area contributed by atoms with Crippen molar-refractivity contribution < 1.29 is 4.79 Å². The second kappa shape index (κ2) is 5.85. The predicted molar refractivity (Wildman–Crippen MR) is 118 cm³/mol. The van der Waals surface area contributed by atoms with Gasteiger partial charge in [-0.15, -0.1) is 0 Å². The molecule has 1 N–H and O–H groups in total. The summed E-state index contributed by atoms with van der Waals surface area (Å²) in [6.45, 7) is 3.42. The summed E-state index contributed by atoms with van der Waals surface area (Å²) >= 11 is 0. The average Bonchev–Trinajstić information content (AvgIpc) is 3.13. The van der Waals surface area contributed by atoms with Crippen molar-refractivity contribution in [3.63, 3.8) is 0 Å². The molecule has 0 radical (unpaired) electrons. The normalized spacial score (nSPS) is 22.6. The second-order valence-electron chi connectivity index (χ2n) is 8.95. The number of benzene rings is 2. The number of piperidine rings is 1. The maximum absolute atomic E-state index is 13.5. The van der Waals surface area contributed by atoms with Gasteiger partial charge < -0.3 is 14.5 Å². The SMILES string of the molecule is Cc1c[nH]c(=O)c2c(C(=O)N3CC4CC4(c4cccc5ccccc45)C3)cn(C)c12. The minimum atomic E-state index is -0.201. The number of carbonyl (C=O) groups is 1. The molecule has 1 saturated heterocycles. The van der Waals surface area contributed by atoms with Crippen molar-refractivity contribution in [2.75, 3.05) is 13.1 Å². The van der Waals surface area contributed by atoms with Gasteiger partial charge in [-0.2, -0.15) is 0 Å². The van der Waals surface area contributed by atoms with E-state index in [2.05, 4.69) is 47.4 Å². The van der Waals surface area contributed by atoms with Crippen LogP contribution in [0.2, 0.25) is 0 Å². The highest BCUT2D eigenvalue weighted by molar-refractivity contribution is 6.07. The van der Waals surface area contributed by atoms with Crippen molar-refractivity contribution in [2.24, 2.45) is 13.0 Å². The number of H-pyrrole nitrogens is 1. The first-order chi connectivity index (χ1) is 14.5. The number of nitrogens with one attached hydrogen (secondary N) is 1. The summed E-state index contributed by atoms with van der Waals surface area (Å²) < 4.78 is 1.89.